The van der Waals surface area contributed by atoms with Gasteiger partial charge in [0, 0.05) is 58.4 Å². The highest BCUT2D eigenvalue weighted by Gasteiger charge is 2.31. The summed E-state index contributed by atoms with van der Waals surface area (Å²) in [7, 11) is -0.662. The van der Waals surface area contributed by atoms with Crippen molar-refractivity contribution in [1.82, 2.24) is 14.1 Å². The van der Waals surface area contributed by atoms with Crippen LogP contribution in [0, 0.1) is 0 Å². The van der Waals surface area contributed by atoms with Crippen molar-refractivity contribution in [2.45, 2.75) is 4.90 Å². The normalized spacial score (nSPS) is 16.1. The van der Waals surface area contributed by atoms with Crippen LogP contribution in [0.3, 0.4) is 0 Å². The Hall–Kier alpha value is -1.87. The zero-order chi connectivity index (χ0) is 20.6. The van der Waals surface area contributed by atoms with E-state index < -0.39 is 10.0 Å². The quantitative estimate of drug-likeness (QED) is 0.518. The molecule has 0 N–H and O–H groups in total. The van der Waals surface area contributed by atoms with Crippen molar-refractivity contribution in [2.75, 3.05) is 66.6 Å². The van der Waals surface area contributed by atoms with Crippen LogP contribution in [0.5, 0.6) is 11.5 Å². The molecule has 8 heteroatoms. The van der Waals surface area contributed by atoms with Crippen molar-refractivity contribution < 1.29 is 17.9 Å². The Kier molecular flexibility index (Phi) is 8.50. The van der Waals surface area contributed by atoms with Gasteiger partial charge in [-0.25, -0.2) is 8.42 Å². The molecule has 1 aliphatic heterocycles. The summed E-state index contributed by atoms with van der Waals surface area (Å²) in [6.45, 7) is 13.3. The number of benzene rings is 1. The molecule has 156 valence electrons. The van der Waals surface area contributed by atoms with Crippen molar-refractivity contribution in [2.24, 2.45) is 0 Å². The summed E-state index contributed by atoms with van der Waals surface area (Å²) in [5.41, 5.74) is 0. The van der Waals surface area contributed by atoms with Crippen LogP contribution < -0.4 is 9.47 Å². The topological polar surface area (TPSA) is 62.3 Å². The van der Waals surface area contributed by atoms with Gasteiger partial charge in [-0.05, 0) is 12.1 Å². The fraction of sp³-hybridized carbons (Fsp3) is 0.500. The largest absolute Gasteiger partial charge is 0.497 e. The van der Waals surface area contributed by atoms with Crippen molar-refractivity contribution in [3.05, 3.63) is 43.5 Å². The maximum atomic E-state index is 13.1. The first-order chi connectivity index (χ1) is 13.5. The molecular formula is C20H31N3O4S. The van der Waals surface area contributed by atoms with Gasteiger partial charge in [-0.1, -0.05) is 12.2 Å². The summed E-state index contributed by atoms with van der Waals surface area (Å²) in [4.78, 5) is 4.68. The average Bonchev–Trinajstić information content (AvgIpc) is 2.72. The summed E-state index contributed by atoms with van der Waals surface area (Å²) in [5, 5.41) is 0. The third kappa shape index (κ3) is 5.57. The molecule has 0 amide bonds. The minimum absolute atomic E-state index is 0.144. The third-order valence-electron chi connectivity index (χ3n) is 4.83. The lowest BCUT2D eigenvalue weighted by molar-refractivity contribution is 0.167. The minimum atomic E-state index is -3.64. The highest BCUT2D eigenvalue weighted by atomic mass is 32.2. The fourth-order valence-electron chi connectivity index (χ4n) is 3.22. The molecule has 0 atom stereocenters. The van der Waals surface area contributed by atoms with Gasteiger partial charge >= 0.3 is 0 Å². The van der Waals surface area contributed by atoms with Gasteiger partial charge in [0.1, 0.15) is 16.4 Å². The lowest BCUT2D eigenvalue weighted by Crippen LogP contribution is -2.50. The smallest absolute Gasteiger partial charge is 0.246 e. The summed E-state index contributed by atoms with van der Waals surface area (Å²) in [6, 6.07) is 4.83. The highest BCUT2D eigenvalue weighted by Crippen LogP contribution is 2.31. The molecule has 1 heterocycles. The lowest BCUT2D eigenvalue weighted by atomic mass is 10.3. The van der Waals surface area contributed by atoms with Gasteiger partial charge in [0.15, 0.2) is 0 Å². The molecule has 0 saturated carbocycles. The van der Waals surface area contributed by atoms with E-state index in [1.54, 1.807) is 12.1 Å². The van der Waals surface area contributed by atoms with Crippen LogP contribution in [0.1, 0.15) is 0 Å². The van der Waals surface area contributed by atoms with E-state index in [9.17, 15) is 8.42 Å². The van der Waals surface area contributed by atoms with Crippen LogP contribution >= 0.6 is 0 Å². The monoisotopic (exact) mass is 409 g/mol. The van der Waals surface area contributed by atoms with Crippen LogP contribution in [0.25, 0.3) is 0 Å². The van der Waals surface area contributed by atoms with E-state index in [-0.39, 0.29) is 4.90 Å². The van der Waals surface area contributed by atoms with Crippen LogP contribution in [-0.2, 0) is 10.0 Å². The molecule has 1 aromatic rings. The number of methoxy groups -OCH3 is 2. The van der Waals surface area contributed by atoms with Crippen LogP contribution in [0.15, 0.2) is 48.4 Å². The number of ether oxygens (including phenoxy) is 2. The molecule has 1 saturated heterocycles. The molecule has 7 nitrogen and oxygen atoms in total. The van der Waals surface area contributed by atoms with E-state index in [4.69, 9.17) is 9.47 Å². The second kappa shape index (κ2) is 10.6. The minimum Gasteiger partial charge on any atom is -0.497 e. The van der Waals surface area contributed by atoms with Gasteiger partial charge in [-0.2, -0.15) is 4.31 Å². The molecule has 2 rings (SSSR count). The Morgan fingerprint density at radius 1 is 1.07 bits per heavy atom. The molecular weight excluding hydrogens is 378 g/mol. The SMILES string of the molecule is C=CCN(CC=C)CCN1CCN(S(=O)(=O)c2cc(OC)ccc2OC)CC1. The van der Waals surface area contributed by atoms with Gasteiger partial charge in [-0.15, -0.1) is 13.2 Å². The first kappa shape index (κ1) is 22.4. The molecule has 0 unspecified atom stereocenters. The molecule has 0 aliphatic carbocycles. The van der Waals surface area contributed by atoms with Crippen molar-refractivity contribution in [3.63, 3.8) is 0 Å². The standard InChI is InChI=1S/C20H31N3O4S/c1-5-9-21(10-6-2)11-12-22-13-15-23(16-14-22)28(24,25)20-17-18(26-3)7-8-19(20)27-4/h5-8,17H,1-2,9-16H2,3-4H3. The summed E-state index contributed by atoms with van der Waals surface area (Å²) < 4.78 is 38.2. The molecule has 28 heavy (non-hydrogen) atoms. The van der Waals surface area contributed by atoms with Crippen LogP contribution in [-0.4, -0.2) is 89.1 Å². The van der Waals surface area contributed by atoms with Crippen molar-refractivity contribution in [3.8, 4) is 11.5 Å². The van der Waals surface area contributed by atoms with E-state index in [1.807, 2.05) is 12.2 Å². The maximum Gasteiger partial charge on any atom is 0.246 e. The van der Waals surface area contributed by atoms with Gasteiger partial charge in [0.25, 0.3) is 0 Å². The lowest BCUT2D eigenvalue weighted by Gasteiger charge is -2.35. The van der Waals surface area contributed by atoms with E-state index in [2.05, 4.69) is 23.0 Å². The van der Waals surface area contributed by atoms with E-state index in [0.29, 0.717) is 37.7 Å². The Balaban J connectivity index is 2.00. The summed E-state index contributed by atoms with van der Waals surface area (Å²) >= 11 is 0. The Morgan fingerprint density at radius 2 is 1.71 bits per heavy atom. The first-order valence-electron chi connectivity index (χ1n) is 9.35. The average molecular weight is 410 g/mol. The third-order valence-corrected chi connectivity index (χ3v) is 6.75. The number of hydrogen-bond acceptors (Lipinski definition) is 6. The Labute approximate surface area is 168 Å². The highest BCUT2D eigenvalue weighted by molar-refractivity contribution is 7.89. The Bertz CT molecular complexity index is 749. The zero-order valence-corrected chi connectivity index (χ0v) is 17.7. The number of nitrogens with zero attached hydrogens (tertiary/aromatic N) is 3. The van der Waals surface area contributed by atoms with Gasteiger partial charge < -0.3 is 9.47 Å². The number of rotatable bonds is 11. The van der Waals surface area contributed by atoms with Gasteiger partial charge in [0.2, 0.25) is 10.0 Å². The van der Waals surface area contributed by atoms with Crippen molar-refractivity contribution >= 4 is 10.0 Å². The molecule has 0 aromatic heterocycles. The molecule has 1 fully saturated rings. The van der Waals surface area contributed by atoms with Crippen LogP contribution in [0.4, 0.5) is 0 Å². The maximum absolute atomic E-state index is 13.1. The number of sulfonamides is 1. The second-order valence-electron chi connectivity index (χ2n) is 6.60. The van der Waals surface area contributed by atoms with E-state index >= 15 is 0 Å². The van der Waals surface area contributed by atoms with Gasteiger partial charge in [-0.3, -0.25) is 9.80 Å². The van der Waals surface area contributed by atoms with E-state index in [1.165, 1.54) is 24.6 Å². The number of piperazine rings is 1. The molecule has 0 spiro atoms. The predicted molar refractivity (Wildman–Crippen MR) is 112 cm³/mol. The molecule has 0 bridgehead atoms. The molecule has 1 aliphatic rings. The van der Waals surface area contributed by atoms with Crippen molar-refractivity contribution in [1.29, 1.82) is 0 Å². The summed E-state index contributed by atoms with van der Waals surface area (Å²) in [6.07, 6.45) is 3.77. The number of hydrogen-bond donors (Lipinski definition) is 0. The molecule has 1 aromatic carbocycles. The Morgan fingerprint density at radius 3 is 2.25 bits per heavy atom. The van der Waals surface area contributed by atoms with Gasteiger partial charge in [0.05, 0.1) is 14.2 Å². The van der Waals surface area contributed by atoms with Crippen LogP contribution in [0.2, 0.25) is 0 Å². The fourth-order valence-corrected chi connectivity index (χ4v) is 4.82. The van der Waals surface area contributed by atoms with E-state index in [0.717, 1.165) is 26.2 Å². The predicted octanol–water partition coefficient (Wildman–Crippen LogP) is 1.68. The molecule has 0 radical (unpaired) electrons. The zero-order valence-electron chi connectivity index (χ0n) is 16.8. The second-order valence-corrected chi connectivity index (χ2v) is 8.51. The first-order valence-corrected chi connectivity index (χ1v) is 10.8. The summed E-state index contributed by atoms with van der Waals surface area (Å²) in [5.74, 6) is 0.815.